The van der Waals surface area contributed by atoms with Gasteiger partial charge in [-0.25, -0.2) is 0 Å². The van der Waals surface area contributed by atoms with Gasteiger partial charge in [0.15, 0.2) is 0 Å². The molecule has 2 saturated heterocycles. The minimum atomic E-state index is -3.28. The lowest BCUT2D eigenvalue weighted by Crippen LogP contribution is -2.52. The number of hydrogen-bond acceptors (Lipinski definition) is 3. The van der Waals surface area contributed by atoms with Crippen molar-refractivity contribution in [1.82, 2.24) is 8.61 Å². The molecule has 6 heteroatoms. The quantitative estimate of drug-likeness (QED) is 0.850. The lowest BCUT2D eigenvalue weighted by molar-refractivity contribution is 0.192. The molecule has 0 aromatic carbocycles. The Bertz CT molecular complexity index is 401. The van der Waals surface area contributed by atoms with E-state index in [2.05, 4.69) is 13.8 Å². The Kier molecular flexibility index (Phi) is 5.45. The molecule has 5 nitrogen and oxygen atoms in total. The van der Waals surface area contributed by atoms with Crippen molar-refractivity contribution >= 4 is 10.2 Å². The molecule has 118 valence electrons. The molecule has 2 heterocycles. The molecule has 0 amide bonds. The maximum Gasteiger partial charge on any atom is 0.282 e. The van der Waals surface area contributed by atoms with E-state index in [4.69, 9.17) is 5.73 Å². The standard InChI is InChI=1S/C14H29N3O2S/c1-12-8-13(2)10-17(9-12)20(18,19)16-7-3-4-14(11-16)5-6-15/h12-14H,3-11,15H2,1-2H3. The predicted molar refractivity (Wildman–Crippen MR) is 81.4 cm³/mol. The number of rotatable bonds is 4. The zero-order valence-electron chi connectivity index (χ0n) is 12.8. The molecule has 0 bridgehead atoms. The Hall–Kier alpha value is -0.170. The van der Waals surface area contributed by atoms with Crippen molar-refractivity contribution in [3.8, 4) is 0 Å². The van der Waals surface area contributed by atoms with Gasteiger partial charge in [-0.15, -0.1) is 0 Å². The molecular formula is C14H29N3O2S. The topological polar surface area (TPSA) is 66.6 Å². The fraction of sp³-hybridized carbons (Fsp3) is 1.00. The maximum atomic E-state index is 12.8. The summed E-state index contributed by atoms with van der Waals surface area (Å²) in [4.78, 5) is 0. The van der Waals surface area contributed by atoms with Crippen LogP contribution in [0.25, 0.3) is 0 Å². The largest absolute Gasteiger partial charge is 0.330 e. The van der Waals surface area contributed by atoms with Gasteiger partial charge in [0.1, 0.15) is 0 Å². The van der Waals surface area contributed by atoms with Crippen LogP contribution in [0.1, 0.15) is 39.5 Å². The summed E-state index contributed by atoms with van der Waals surface area (Å²) in [6.45, 7) is 7.60. The van der Waals surface area contributed by atoms with Crippen molar-refractivity contribution in [2.45, 2.75) is 39.5 Å². The zero-order chi connectivity index (χ0) is 14.8. The third-order valence-corrected chi connectivity index (χ3v) is 6.48. The Balaban J connectivity index is 2.05. The second kappa shape index (κ2) is 6.73. The average molecular weight is 303 g/mol. The number of nitrogens with two attached hydrogens (primary N) is 1. The van der Waals surface area contributed by atoms with Crippen molar-refractivity contribution in [3.63, 3.8) is 0 Å². The van der Waals surface area contributed by atoms with E-state index in [0.29, 0.717) is 50.5 Å². The van der Waals surface area contributed by atoms with E-state index < -0.39 is 10.2 Å². The normalized spacial score (nSPS) is 34.2. The van der Waals surface area contributed by atoms with Crippen LogP contribution in [0.15, 0.2) is 0 Å². The SMILES string of the molecule is CC1CC(C)CN(S(=O)(=O)N2CCCC(CCN)C2)C1. The summed E-state index contributed by atoms with van der Waals surface area (Å²) in [5.41, 5.74) is 5.61. The zero-order valence-corrected chi connectivity index (χ0v) is 13.6. The molecule has 2 N–H and O–H groups in total. The highest BCUT2D eigenvalue weighted by Crippen LogP contribution is 2.28. The third-order valence-electron chi connectivity index (χ3n) is 4.54. The van der Waals surface area contributed by atoms with Crippen LogP contribution < -0.4 is 5.73 Å². The Morgan fingerprint density at radius 1 is 1.10 bits per heavy atom. The Morgan fingerprint density at radius 2 is 1.75 bits per heavy atom. The molecule has 0 aliphatic carbocycles. The molecule has 20 heavy (non-hydrogen) atoms. The van der Waals surface area contributed by atoms with Gasteiger partial charge in [-0.2, -0.15) is 17.0 Å². The summed E-state index contributed by atoms with van der Waals surface area (Å²) in [6.07, 6.45) is 4.12. The van der Waals surface area contributed by atoms with Crippen LogP contribution in [0.3, 0.4) is 0 Å². The van der Waals surface area contributed by atoms with E-state index in [1.165, 1.54) is 0 Å². The van der Waals surface area contributed by atoms with Crippen LogP contribution in [-0.2, 0) is 10.2 Å². The molecule has 2 rings (SSSR count). The van der Waals surface area contributed by atoms with E-state index in [1.807, 2.05) is 0 Å². The van der Waals surface area contributed by atoms with Crippen LogP contribution in [0.2, 0.25) is 0 Å². The van der Waals surface area contributed by atoms with Gasteiger partial charge in [0.2, 0.25) is 0 Å². The lowest BCUT2D eigenvalue weighted by atomic mass is 9.94. The summed E-state index contributed by atoms with van der Waals surface area (Å²) < 4.78 is 29.0. The van der Waals surface area contributed by atoms with Crippen LogP contribution in [0.5, 0.6) is 0 Å². The molecule has 0 spiro atoms. The second-order valence-electron chi connectivity index (χ2n) is 6.71. The average Bonchev–Trinajstić information content (AvgIpc) is 2.38. The lowest BCUT2D eigenvalue weighted by Gasteiger charge is -2.39. The van der Waals surface area contributed by atoms with Gasteiger partial charge in [-0.05, 0) is 50.0 Å². The van der Waals surface area contributed by atoms with Crippen molar-refractivity contribution in [2.75, 3.05) is 32.7 Å². The highest BCUT2D eigenvalue weighted by Gasteiger charge is 2.36. The van der Waals surface area contributed by atoms with E-state index in [-0.39, 0.29) is 0 Å². The van der Waals surface area contributed by atoms with Crippen LogP contribution in [0, 0.1) is 17.8 Å². The number of hydrogen-bond donors (Lipinski definition) is 1. The van der Waals surface area contributed by atoms with Crippen molar-refractivity contribution in [2.24, 2.45) is 23.5 Å². The summed E-state index contributed by atoms with van der Waals surface area (Å²) in [6, 6.07) is 0. The van der Waals surface area contributed by atoms with Gasteiger partial charge >= 0.3 is 0 Å². The molecule has 0 aromatic heterocycles. The fourth-order valence-corrected chi connectivity index (χ4v) is 5.64. The van der Waals surface area contributed by atoms with Crippen LogP contribution in [0.4, 0.5) is 0 Å². The molecule has 2 fully saturated rings. The predicted octanol–water partition coefficient (Wildman–Crippen LogP) is 1.27. The molecule has 2 aliphatic rings. The van der Waals surface area contributed by atoms with Crippen molar-refractivity contribution in [3.05, 3.63) is 0 Å². The van der Waals surface area contributed by atoms with E-state index in [9.17, 15) is 8.42 Å². The molecule has 3 unspecified atom stereocenters. The molecule has 0 aromatic rings. The summed E-state index contributed by atoms with van der Waals surface area (Å²) in [5, 5.41) is 0. The molecule has 0 radical (unpaired) electrons. The van der Waals surface area contributed by atoms with Crippen molar-refractivity contribution in [1.29, 1.82) is 0 Å². The van der Waals surface area contributed by atoms with E-state index in [1.54, 1.807) is 8.61 Å². The highest BCUT2D eigenvalue weighted by molar-refractivity contribution is 7.86. The third kappa shape index (κ3) is 3.72. The Morgan fingerprint density at radius 3 is 2.35 bits per heavy atom. The first kappa shape index (κ1) is 16.2. The van der Waals surface area contributed by atoms with Gasteiger partial charge in [0.05, 0.1) is 0 Å². The fourth-order valence-electron chi connectivity index (χ4n) is 3.67. The molecule has 2 aliphatic heterocycles. The van der Waals surface area contributed by atoms with Gasteiger partial charge in [-0.1, -0.05) is 13.8 Å². The summed E-state index contributed by atoms with van der Waals surface area (Å²) in [7, 11) is -3.28. The number of piperidine rings is 2. The van der Waals surface area contributed by atoms with E-state index in [0.717, 1.165) is 25.7 Å². The first-order valence-corrected chi connectivity index (χ1v) is 9.28. The maximum absolute atomic E-state index is 12.8. The first-order valence-electron chi connectivity index (χ1n) is 7.88. The monoisotopic (exact) mass is 303 g/mol. The van der Waals surface area contributed by atoms with Crippen molar-refractivity contribution < 1.29 is 8.42 Å². The van der Waals surface area contributed by atoms with Crippen LogP contribution in [-0.4, -0.2) is 49.8 Å². The minimum Gasteiger partial charge on any atom is -0.330 e. The van der Waals surface area contributed by atoms with Crippen LogP contribution >= 0.6 is 0 Å². The van der Waals surface area contributed by atoms with E-state index >= 15 is 0 Å². The summed E-state index contributed by atoms with van der Waals surface area (Å²) >= 11 is 0. The number of nitrogens with zero attached hydrogens (tertiary/aromatic N) is 2. The Labute approximate surface area is 123 Å². The van der Waals surface area contributed by atoms with Gasteiger partial charge in [-0.3, -0.25) is 0 Å². The smallest absolute Gasteiger partial charge is 0.282 e. The second-order valence-corrected chi connectivity index (χ2v) is 8.64. The molecule has 3 atom stereocenters. The first-order chi connectivity index (χ1) is 9.43. The summed E-state index contributed by atoms with van der Waals surface area (Å²) in [5.74, 6) is 1.35. The van der Waals surface area contributed by atoms with Gasteiger partial charge < -0.3 is 5.73 Å². The highest BCUT2D eigenvalue weighted by atomic mass is 32.2. The van der Waals surface area contributed by atoms with Gasteiger partial charge in [0.25, 0.3) is 10.2 Å². The molecular weight excluding hydrogens is 274 g/mol. The minimum absolute atomic E-state index is 0.433. The van der Waals surface area contributed by atoms with Gasteiger partial charge in [0, 0.05) is 26.2 Å². The molecule has 0 saturated carbocycles.